The Labute approximate surface area is 134 Å². The van der Waals surface area contributed by atoms with Crippen molar-refractivity contribution in [2.45, 2.75) is 6.42 Å². The number of aliphatic carboxylic acids is 1. The summed E-state index contributed by atoms with van der Waals surface area (Å²) in [6, 6.07) is 8.62. The molecule has 2 rings (SSSR count). The summed E-state index contributed by atoms with van der Waals surface area (Å²) in [6.45, 7) is 0.0653. The molecule has 0 saturated carbocycles. The third-order valence-corrected chi connectivity index (χ3v) is 4.34. The van der Waals surface area contributed by atoms with Crippen LogP contribution in [0.5, 0.6) is 0 Å². The highest BCUT2D eigenvalue weighted by Crippen LogP contribution is 2.27. The number of anilines is 2. The average molecular weight is 369 g/mol. The molecule has 0 bridgehead atoms. The van der Waals surface area contributed by atoms with Crippen molar-refractivity contribution >= 4 is 50.5 Å². The number of carboxylic acids is 1. The summed E-state index contributed by atoms with van der Waals surface area (Å²) in [5.41, 5.74) is 7.36. The number of para-hydroxylation sites is 2. The zero-order chi connectivity index (χ0) is 15.4. The van der Waals surface area contributed by atoms with Gasteiger partial charge >= 0.3 is 5.97 Å². The molecule has 0 radical (unpaired) electrons. The number of carbonyl (C=O) groups is 2. The second-order valence-electron chi connectivity index (χ2n) is 4.30. The third kappa shape index (κ3) is 3.83. The molecule has 1 heterocycles. The second kappa shape index (κ2) is 6.73. The molecular formula is C14H13BrN2O3S. The quantitative estimate of drug-likeness (QED) is 0.793. The van der Waals surface area contributed by atoms with E-state index in [1.807, 2.05) is 0 Å². The summed E-state index contributed by atoms with van der Waals surface area (Å²) in [6.07, 6.45) is -0.147. The summed E-state index contributed by atoms with van der Waals surface area (Å²) >= 11 is 4.71. The van der Waals surface area contributed by atoms with Gasteiger partial charge in [0.05, 0.1) is 27.1 Å². The minimum absolute atomic E-state index is 0.0653. The van der Waals surface area contributed by atoms with Crippen LogP contribution in [0.3, 0.4) is 0 Å². The molecule has 3 N–H and O–H groups in total. The van der Waals surface area contributed by atoms with Crippen LogP contribution in [0.1, 0.15) is 16.8 Å². The first-order valence-electron chi connectivity index (χ1n) is 6.11. The van der Waals surface area contributed by atoms with Gasteiger partial charge in [-0.2, -0.15) is 0 Å². The van der Waals surface area contributed by atoms with E-state index in [2.05, 4.69) is 15.9 Å². The van der Waals surface area contributed by atoms with Crippen LogP contribution in [0.15, 0.2) is 39.5 Å². The zero-order valence-electron chi connectivity index (χ0n) is 11.0. The number of rotatable bonds is 5. The van der Waals surface area contributed by atoms with E-state index in [1.165, 1.54) is 16.2 Å². The van der Waals surface area contributed by atoms with E-state index >= 15 is 0 Å². The monoisotopic (exact) mass is 368 g/mol. The lowest BCUT2D eigenvalue weighted by Gasteiger charge is -2.23. The van der Waals surface area contributed by atoms with E-state index in [0.717, 1.165) is 3.79 Å². The molecule has 5 nitrogen and oxygen atoms in total. The number of nitrogens with zero attached hydrogens (tertiary/aromatic N) is 1. The number of carbonyl (C=O) groups excluding carboxylic acids is 1. The van der Waals surface area contributed by atoms with Gasteiger partial charge in [0.1, 0.15) is 0 Å². The summed E-state index contributed by atoms with van der Waals surface area (Å²) in [5, 5.41) is 10.6. The third-order valence-electron chi connectivity index (χ3n) is 2.84. The molecule has 0 spiro atoms. The standard InChI is InChI=1S/C14H13BrN2O3S/c15-12-7-9(8-21-12)14(20)17(6-5-13(18)19)11-4-2-1-3-10(11)16/h1-4,7-8H,5-6,16H2,(H,18,19). The Balaban J connectivity index is 2.34. The maximum atomic E-state index is 12.6. The molecule has 0 unspecified atom stereocenters. The lowest BCUT2D eigenvalue weighted by molar-refractivity contribution is -0.136. The minimum atomic E-state index is -0.964. The largest absolute Gasteiger partial charge is 0.481 e. The van der Waals surface area contributed by atoms with E-state index in [-0.39, 0.29) is 18.9 Å². The molecule has 0 aliphatic heterocycles. The van der Waals surface area contributed by atoms with Gasteiger partial charge in [0, 0.05) is 11.9 Å². The average Bonchev–Trinajstić information content (AvgIpc) is 2.87. The molecule has 0 aliphatic rings. The van der Waals surface area contributed by atoms with Gasteiger partial charge in [-0.3, -0.25) is 9.59 Å². The predicted molar refractivity (Wildman–Crippen MR) is 86.8 cm³/mol. The molecular weight excluding hydrogens is 356 g/mol. The SMILES string of the molecule is Nc1ccccc1N(CCC(=O)O)C(=O)c1csc(Br)c1. The first-order valence-corrected chi connectivity index (χ1v) is 7.78. The fourth-order valence-corrected chi connectivity index (χ4v) is 2.98. The molecule has 1 aromatic carbocycles. The first-order chi connectivity index (χ1) is 9.99. The molecule has 0 saturated heterocycles. The molecule has 0 fully saturated rings. The summed E-state index contributed by atoms with van der Waals surface area (Å²) in [4.78, 5) is 24.8. The highest BCUT2D eigenvalue weighted by Gasteiger charge is 2.21. The van der Waals surface area contributed by atoms with Crippen molar-refractivity contribution in [3.63, 3.8) is 0 Å². The Bertz CT molecular complexity index is 672. The highest BCUT2D eigenvalue weighted by atomic mass is 79.9. The van der Waals surface area contributed by atoms with E-state index in [0.29, 0.717) is 16.9 Å². The van der Waals surface area contributed by atoms with Gasteiger partial charge in [0.15, 0.2) is 0 Å². The Kier molecular flexibility index (Phi) is 4.98. The maximum absolute atomic E-state index is 12.6. The molecule has 0 aliphatic carbocycles. The highest BCUT2D eigenvalue weighted by molar-refractivity contribution is 9.11. The smallest absolute Gasteiger partial charge is 0.305 e. The van der Waals surface area contributed by atoms with Crippen LogP contribution in [0.4, 0.5) is 11.4 Å². The molecule has 0 atom stereocenters. The Morgan fingerprint density at radius 2 is 2.05 bits per heavy atom. The number of benzene rings is 1. The van der Waals surface area contributed by atoms with E-state index in [9.17, 15) is 9.59 Å². The van der Waals surface area contributed by atoms with Crippen molar-refractivity contribution in [3.05, 3.63) is 45.1 Å². The van der Waals surface area contributed by atoms with Gasteiger partial charge in [-0.1, -0.05) is 12.1 Å². The Hall–Kier alpha value is -1.86. The number of carboxylic acid groups (broad SMARTS) is 1. The minimum Gasteiger partial charge on any atom is -0.481 e. The lowest BCUT2D eigenvalue weighted by Crippen LogP contribution is -2.33. The lowest BCUT2D eigenvalue weighted by atomic mass is 10.2. The molecule has 21 heavy (non-hydrogen) atoms. The van der Waals surface area contributed by atoms with E-state index in [1.54, 1.807) is 35.7 Å². The molecule has 2 aromatic rings. The van der Waals surface area contributed by atoms with Gasteiger partial charge in [0.25, 0.3) is 5.91 Å². The van der Waals surface area contributed by atoms with Gasteiger partial charge in [-0.15, -0.1) is 11.3 Å². The molecule has 7 heteroatoms. The fourth-order valence-electron chi connectivity index (χ4n) is 1.85. The Morgan fingerprint density at radius 1 is 1.33 bits per heavy atom. The normalized spacial score (nSPS) is 10.3. The number of halogens is 1. The van der Waals surface area contributed by atoms with Crippen molar-refractivity contribution in [2.24, 2.45) is 0 Å². The van der Waals surface area contributed by atoms with Crippen molar-refractivity contribution in [2.75, 3.05) is 17.2 Å². The van der Waals surface area contributed by atoms with Crippen LogP contribution < -0.4 is 10.6 Å². The van der Waals surface area contributed by atoms with Gasteiger partial charge in [-0.05, 0) is 34.1 Å². The number of nitrogens with two attached hydrogens (primary N) is 1. The molecule has 1 amide bonds. The maximum Gasteiger partial charge on any atom is 0.305 e. The van der Waals surface area contributed by atoms with Crippen LogP contribution in [-0.2, 0) is 4.79 Å². The van der Waals surface area contributed by atoms with Gasteiger partial charge < -0.3 is 15.7 Å². The van der Waals surface area contributed by atoms with Gasteiger partial charge in [-0.25, -0.2) is 0 Å². The van der Waals surface area contributed by atoms with Crippen molar-refractivity contribution in [1.29, 1.82) is 0 Å². The molecule has 110 valence electrons. The van der Waals surface area contributed by atoms with Crippen molar-refractivity contribution < 1.29 is 14.7 Å². The summed E-state index contributed by atoms with van der Waals surface area (Å²) < 4.78 is 0.838. The van der Waals surface area contributed by atoms with Crippen LogP contribution >= 0.6 is 27.3 Å². The molecule has 1 aromatic heterocycles. The fraction of sp³-hybridized carbons (Fsp3) is 0.143. The number of nitrogen functional groups attached to an aromatic ring is 1. The Morgan fingerprint density at radius 3 is 2.62 bits per heavy atom. The van der Waals surface area contributed by atoms with Crippen LogP contribution in [0.25, 0.3) is 0 Å². The van der Waals surface area contributed by atoms with Crippen LogP contribution in [0.2, 0.25) is 0 Å². The van der Waals surface area contributed by atoms with E-state index < -0.39 is 5.97 Å². The predicted octanol–water partition coefficient (Wildman–Crippen LogP) is 3.21. The second-order valence-corrected chi connectivity index (χ2v) is 6.59. The van der Waals surface area contributed by atoms with Crippen molar-refractivity contribution in [1.82, 2.24) is 0 Å². The number of hydrogen-bond acceptors (Lipinski definition) is 4. The first kappa shape index (κ1) is 15.5. The summed E-state index contributed by atoms with van der Waals surface area (Å²) in [7, 11) is 0. The zero-order valence-corrected chi connectivity index (χ0v) is 13.4. The number of thiophene rings is 1. The topological polar surface area (TPSA) is 83.6 Å². The number of amides is 1. The number of hydrogen-bond donors (Lipinski definition) is 2. The van der Waals surface area contributed by atoms with Gasteiger partial charge in [0.2, 0.25) is 0 Å². The van der Waals surface area contributed by atoms with Crippen LogP contribution in [-0.4, -0.2) is 23.5 Å². The van der Waals surface area contributed by atoms with Crippen molar-refractivity contribution in [3.8, 4) is 0 Å². The van der Waals surface area contributed by atoms with Crippen LogP contribution in [0, 0.1) is 0 Å². The van der Waals surface area contributed by atoms with E-state index in [4.69, 9.17) is 10.8 Å². The summed E-state index contributed by atoms with van der Waals surface area (Å²) in [5.74, 6) is -1.23.